The number of nitrogens with one attached hydrogen (secondary N) is 1. The monoisotopic (exact) mass is 345 g/mol. The highest BCUT2D eigenvalue weighted by Crippen LogP contribution is 2.33. The first kappa shape index (κ1) is 17.7. The molecule has 4 N–H and O–H groups in total. The van der Waals surface area contributed by atoms with Crippen molar-refractivity contribution >= 4 is 38.9 Å². The first-order valence-corrected chi connectivity index (χ1v) is 8.79. The maximum absolute atomic E-state index is 9.40. The molecule has 0 aliphatic carbocycles. The topological polar surface area (TPSA) is 71.2 Å². The van der Waals surface area contributed by atoms with Gasteiger partial charge in [0.25, 0.3) is 0 Å². The molecule has 0 fully saturated rings. The maximum Gasteiger partial charge on any atom is 0.0730 e. The number of nitrogens with zero attached hydrogens (tertiary/aromatic N) is 1. The summed E-state index contributed by atoms with van der Waals surface area (Å²) in [7, 11) is 0. The van der Waals surface area contributed by atoms with Crippen LogP contribution in [0.2, 0.25) is 0 Å². The van der Waals surface area contributed by atoms with Crippen molar-refractivity contribution in [3.63, 3.8) is 0 Å². The summed E-state index contributed by atoms with van der Waals surface area (Å²) in [5.74, 6) is 0. The average Bonchev–Trinajstić information content (AvgIpc) is 2.69. The Balaban J connectivity index is 0.000000948. The molecule has 4 heteroatoms. The molecular formula is C22H23N3O. The number of benzene rings is 3. The van der Waals surface area contributed by atoms with Gasteiger partial charge in [-0.2, -0.15) is 0 Å². The first-order chi connectivity index (χ1) is 12.7. The molecule has 0 bridgehead atoms. The third kappa shape index (κ3) is 3.46. The van der Waals surface area contributed by atoms with Gasteiger partial charge in [-0.15, -0.1) is 0 Å². The number of anilines is 3. The molecule has 0 unspecified atom stereocenters. The van der Waals surface area contributed by atoms with Crippen LogP contribution in [0.4, 0.5) is 17.1 Å². The zero-order valence-electron chi connectivity index (χ0n) is 15.0. The van der Waals surface area contributed by atoms with E-state index in [-0.39, 0.29) is 6.61 Å². The lowest BCUT2D eigenvalue weighted by Crippen LogP contribution is -1.98. The Bertz CT molecular complexity index is 990. The molecule has 4 aromatic rings. The highest BCUT2D eigenvalue weighted by atomic mass is 16.3. The van der Waals surface area contributed by atoms with Crippen LogP contribution in [0.3, 0.4) is 0 Å². The number of aliphatic hydroxyl groups is 1. The van der Waals surface area contributed by atoms with Crippen LogP contribution in [0.25, 0.3) is 21.8 Å². The highest BCUT2D eigenvalue weighted by molar-refractivity contribution is 6.08. The smallest absolute Gasteiger partial charge is 0.0730 e. The van der Waals surface area contributed by atoms with E-state index < -0.39 is 0 Å². The van der Waals surface area contributed by atoms with Gasteiger partial charge in [0.1, 0.15) is 0 Å². The summed E-state index contributed by atoms with van der Waals surface area (Å²) in [6.45, 7) is 3.96. The van der Waals surface area contributed by atoms with Gasteiger partial charge in [0.05, 0.1) is 23.3 Å². The summed E-state index contributed by atoms with van der Waals surface area (Å²) in [5, 5.41) is 15.0. The van der Waals surface area contributed by atoms with Crippen molar-refractivity contribution in [1.29, 1.82) is 0 Å². The number of nitrogen functional groups attached to an aromatic ring is 1. The van der Waals surface area contributed by atoms with Crippen molar-refractivity contribution in [2.24, 2.45) is 0 Å². The number of pyridine rings is 1. The molecular weight excluding hydrogens is 322 g/mol. The number of aliphatic hydroxyl groups excluding tert-OH is 1. The van der Waals surface area contributed by atoms with Crippen LogP contribution in [-0.4, -0.2) is 10.1 Å². The maximum atomic E-state index is 9.40. The summed E-state index contributed by atoms with van der Waals surface area (Å²) >= 11 is 0. The van der Waals surface area contributed by atoms with E-state index >= 15 is 0 Å². The zero-order chi connectivity index (χ0) is 18.5. The van der Waals surface area contributed by atoms with Crippen molar-refractivity contribution in [3.8, 4) is 0 Å². The fourth-order valence-electron chi connectivity index (χ4n) is 3.00. The predicted octanol–water partition coefficient (Wildman–Crippen LogP) is 5.23. The van der Waals surface area contributed by atoms with Gasteiger partial charge in [0.2, 0.25) is 0 Å². The zero-order valence-corrected chi connectivity index (χ0v) is 15.0. The van der Waals surface area contributed by atoms with Gasteiger partial charge in [-0.05, 0) is 35.9 Å². The number of aromatic nitrogens is 1. The minimum atomic E-state index is -0.0441. The molecule has 0 saturated carbocycles. The quantitative estimate of drug-likeness (QED) is 0.351. The van der Waals surface area contributed by atoms with Crippen molar-refractivity contribution in [1.82, 2.24) is 4.98 Å². The normalized spacial score (nSPS) is 10.4. The van der Waals surface area contributed by atoms with Gasteiger partial charge in [-0.3, -0.25) is 0 Å². The molecule has 1 aromatic heterocycles. The van der Waals surface area contributed by atoms with E-state index in [4.69, 9.17) is 10.7 Å². The second-order valence-corrected chi connectivity index (χ2v) is 5.77. The number of para-hydroxylation sites is 2. The number of hydrogen-bond donors (Lipinski definition) is 3. The Morgan fingerprint density at radius 3 is 2.04 bits per heavy atom. The van der Waals surface area contributed by atoms with E-state index in [2.05, 4.69) is 17.4 Å². The van der Waals surface area contributed by atoms with E-state index in [0.717, 1.165) is 38.7 Å². The van der Waals surface area contributed by atoms with Crippen LogP contribution in [0.1, 0.15) is 19.4 Å². The molecule has 0 spiro atoms. The standard InChI is InChI=1S/C20H17N3O.C2H6/c21-14-9-13(12-24)10-15(11-14)22-20-16-5-1-3-7-18(16)23-19-8-4-2-6-17(19)20;1-2/h1-11,24H,12,21H2,(H,22,23);1-2H3. The molecule has 26 heavy (non-hydrogen) atoms. The van der Waals surface area contributed by atoms with Crippen molar-refractivity contribution in [3.05, 3.63) is 72.3 Å². The number of rotatable bonds is 3. The molecule has 0 amide bonds. The van der Waals surface area contributed by atoms with Gasteiger partial charge in [0.15, 0.2) is 0 Å². The summed E-state index contributed by atoms with van der Waals surface area (Å²) in [4.78, 5) is 4.73. The SMILES string of the molecule is CC.Nc1cc(CO)cc(Nc2c3ccccc3nc3ccccc23)c1. The fraction of sp³-hybridized carbons (Fsp3) is 0.136. The number of hydrogen-bond acceptors (Lipinski definition) is 4. The summed E-state index contributed by atoms with van der Waals surface area (Å²) in [6, 6.07) is 21.6. The van der Waals surface area contributed by atoms with E-state index in [1.807, 2.05) is 62.4 Å². The van der Waals surface area contributed by atoms with Crippen molar-refractivity contribution in [2.75, 3.05) is 11.1 Å². The second-order valence-electron chi connectivity index (χ2n) is 5.77. The molecule has 1 heterocycles. The summed E-state index contributed by atoms with van der Waals surface area (Å²) in [5.41, 5.74) is 11.1. The second kappa shape index (κ2) is 7.85. The van der Waals surface area contributed by atoms with Gasteiger partial charge < -0.3 is 16.2 Å². The Labute approximate surface area is 153 Å². The Morgan fingerprint density at radius 1 is 0.885 bits per heavy atom. The van der Waals surface area contributed by atoms with Gasteiger partial charge >= 0.3 is 0 Å². The first-order valence-electron chi connectivity index (χ1n) is 8.79. The lowest BCUT2D eigenvalue weighted by atomic mass is 10.1. The van der Waals surface area contributed by atoms with Crippen LogP contribution in [0.15, 0.2) is 66.7 Å². The molecule has 0 aliphatic rings. The van der Waals surface area contributed by atoms with E-state index in [9.17, 15) is 5.11 Å². The van der Waals surface area contributed by atoms with Crippen LogP contribution in [0.5, 0.6) is 0 Å². The van der Waals surface area contributed by atoms with Crippen LogP contribution < -0.4 is 11.1 Å². The van der Waals surface area contributed by atoms with E-state index in [1.165, 1.54) is 0 Å². The highest BCUT2D eigenvalue weighted by Gasteiger charge is 2.09. The third-order valence-electron chi connectivity index (χ3n) is 4.05. The fourth-order valence-corrected chi connectivity index (χ4v) is 3.00. The molecule has 4 rings (SSSR count). The third-order valence-corrected chi connectivity index (χ3v) is 4.05. The Morgan fingerprint density at radius 2 is 1.46 bits per heavy atom. The largest absolute Gasteiger partial charge is 0.399 e. The lowest BCUT2D eigenvalue weighted by Gasteiger charge is -2.14. The molecule has 0 radical (unpaired) electrons. The molecule has 132 valence electrons. The van der Waals surface area contributed by atoms with E-state index in [0.29, 0.717) is 5.69 Å². The molecule has 0 saturated heterocycles. The summed E-state index contributed by atoms with van der Waals surface area (Å²) in [6.07, 6.45) is 0. The van der Waals surface area contributed by atoms with Crippen molar-refractivity contribution < 1.29 is 5.11 Å². The Hall–Kier alpha value is -3.11. The van der Waals surface area contributed by atoms with Crippen LogP contribution in [-0.2, 0) is 6.61 Å². The molecule has 0 aliphatic heterocycles. The number of nitrogens with two attached hydrogens (primary N) is 1. The minimum absolute atomic E-state index is 0.0441. The molecule has 4 nitrogen and oxygen atoms in total. The lowest BCUT2D eigenvalue weighted by molar-refractivity contribution is 0.282. The summed E-state index contributed by atoms with van der Waals surface area (Å²) < 4.78 is 0. The Kier molecular flexibility index (Phi) is 5.34. The van der Waals surface area contributed by atoms with Gasteiger partial charge in [-0.1, -0.05) is 50.2 Å². The van der Waals surface area contributed by atoms with Crippen LogP contribution >= 0.6 is 0 Å². The van der Waals surface area contributed by atoms with E-state index in [1.54, 1.807) is 6.07 Å². The van der Waals surface area contributed by atoms with Crippen LogP contribution in [0, 0.1) is 0 Å². The molecule has 0 atom stereocenters. The predicted molar refractivity (Wildman–Crippen MR) is 111 cm³/mol. The van der Waals surface area contributed by atoms with Gasteiger partial charge in [0, 0.05) is 22.1 Å². The average molecular weight is 345 g/mol. The minimum Gasteiger partial charge on any atom is -0.399 e. The van der Waals surface area contributed by atoms with Crippen molar-refractivity contribution in [2.45, 2.75) is 20.5 Å². The van der Waals surface area contributed by atoms with Gasteiger partial charge in [-0.25, -0.2) is 4.98 Å². The molecule has 3 aromatic carbocycles. The number of fused-ring (bicyclic) bond motifs is 2.